The van der Waals surface area contributed by atoms with E-state index in [1.807, 2.05) is 4.90 Å². The molecule has 4 nitrogen and oxygen atoms in total. The number of primary sulfonamides is 1. The Morgan fingerprint density at radius 1 is 1.50 bits per heavy atom. The van der Waals surface area contributed by atoms with Crippen LogP contribution in [0.15, 0.2) is 22.7 Å². The van der Waals surface area contributed by atoms with Crippen molar-refractivity contribution in [3.05, 3.63) is 34.1 Å². The van der Waals surface area contributed by atoms with Crippen LogP contribution in [0.2, 0.25) is 0 Å². The Hall–Kier alpha value is -0.500. The van der Waals surface area contributed by atoms with Crippen molar-refractivity contribution in [3.63, 3.8) is 0 Å². The summed E-state index contributed by atoms with van der Waals surface area (Å²) in [4.78, 5) is 2.01. The van der Waals surface area contributed by atoms with E-state index in [0.717, 1.165) is 5.56 Å². The molecule has 7 heteroatoms. The molecule has 1 aromatic rings. The van der Waals surface area contributed by atoms with Crippen LogP contribution >= 0.6 is 15.9 Å². The van der Waals surface area contributed by atoms with E-state index >= 15 is 0 Å². The Kier molecular flexibility index (Phi) is 4.05. The van der Waals surface area contributed by atoms with E-state index in [4.69, 9.17) is 5.14 Å². The van der Waals surface area contributed by atoms with E-state index in [2.05, 4.69) is 15.9 Å². The molecule has 1 aliphatic rings. The molecule has 0 bridgehead atoms. The molecule has 0 aromatic heterocycles. The zero-order chi connectivity index (χ0) is 13.3. The molecule has 18 heavy (non-hydrogen) atoms. The number of rotatable bonds is 3. The van der Waals surface area contributed by atoms with Crippen LogP contribution in [0, 0.1) is 5.82 Å². The summed E-state index contributed by atoms with van der Waals surface area (Å²) in [5, 5.41) is 4.64. The summed E-state index contributed by atoms with van der Waals surface area (Å²) in [5.41, 5.74) is 0.943. The van der Waals surface area contributed by atoms with Crippen molar-refractivity contribution in [3.8, 4) is 0 Å². The predicted octanol–water partition coefficient (Wildman–Crippen LogP) is 1.45. The average Bonchev–Trinajstić information content (AvgIpc) is 2.72. The first-order chi connectivity index (χ1) is 8.36. The quantitative estimate of drug-likeness (QED) is 0.908. The van der Waals surface area contributed by atoms with E-state index in [-0.39, 0.29) is 5.82 Å². The first-order valence-electron chi connectivity index (χ1n) is 5.54. The largest absolute Gasteiger partial charge is 0.298 e. The van der Waals surface area contributed by atoms with Crippen LogP contribution in [0.4, 0.5) is 4.39 Å². The molecule has 1 heterocycles. The minimum atomic E-state index is -3.45. The standard InChI is InChI=1S/C11H14BrFN2O2S/c12-10-5-8(1-2-11(10)13)6-15-4-3-9(7-15)18(14,16)17/h1-2,5,9H,3-4,6-7H2,(H2,14,16,17)/t9-/m1/s1. The third kappa shape index (κ3) is 3.28. The maximum absolute atomic E-state index is 13.1. The fourth-order valence-electron chi connectivity index (χ4n) is 2.11. The Labute approximate surface area is 114 Å². The fourth-order valence-corrected chi connectivity index (χ4v) is 3.38. The molecule has 1 aliphatic heterocycles. The summed E-state index contributed by atoms with van der Waals surface area (Å²) in [6, 6.07) is 4.80. The van der Waals surface area contributed by atoms with Crippen LogP contribution in [-0.4, -0.2) is 31.7 Å². The third-order valence-corrected chi connectivity index (χ3v) is 5.01. The molecule has 0 radical (unpaired) electrons. The first kappa shape index (κ1) is 13.9. The van der Waals surface area contributed by atoms with E-state index in [0.29, 0.717) is 30.5 Å². The lowest BCUT2D eigenvalue weighted by Gasteiger charge is -2.15. The molecular formula is C11H14BrFN2O2S. The van der Waals surface area contributed by atoms with Gasteiger partial charge in [0.15, 0.2) is 0 Å². The smallest absolute Gasteiger partial charge is 0.213 e. The average molecular weight is 337 g/mol. The molecule has 1 saturated heterocycles. The molecule has 0 amide bonds. The lowest BCUT2D eigenvalue weighted by Crippen LogP contribution is -2.31. The van der Waals surface area contributed by atoms with Crippen molar-refractivity contribution in [2.24, 2.45) is 5.14 Å². The third-order valence-electron chi connectivity index (χ3n) is 3.08. The van der Waals surface area contributed by atoms with Gasteiger partial charge in [0.25, 0.3) is 0 Å². The molecule has 0 aliphatic carbocycles. The SMILES string of the molecule is NS(=O)(=O)[C@@H]1CCN(Cc2ccc(F)c(Br)c2)C1. The number of nitrogens with two attached hydrogens (primary N) is 1. The van der Waals surface area contributed by atoms with Crippen LogP contribution in [-0.2, 0) is 16.6 Å². The number of halogens is 2. The van der Waals surface area contributed by atoms with E-state index in [9.17, 15) is 12.8 Å². The Balaban J connectivity index is 2.01. The van der Waals surface area contributed by atoms with Crippen molar-refractivity contribution in [2.75, 3.05) is 13.1 Å². The number of hydrogen-bond donors (Lipinski definition) is 1. The molecule has 0 saturated carbocycles. The highest BCUT2D eigenvalue weighted by Gasteiger charge is 2.30. The number of likely N-dealkylation sites (tertiary alicyclic amines) is 1. The van der Waals surface area contributed by atoms with Crippen LogP contribution in [0.1, 0.15) is 12.0 Å². The van der Waals surface area contributed by atoms with Gasteiger partial charge in [-0.05, 0) is 46.6 Å². The van der Waals surface area contributed by atoms with Gasteiger partial charge in [-0.1, -0.05) is 6.07 Å². The molecule has 1 aromatic carbocycles. The van der Waals surface area contributed by atoms with Gasteiger partial charge in [0.05, 0.1) is 9.72 Å². The highest BCUT2D eigenvalue weighted by molar-refractivity contribution is 9.10. The second-order valence-electron chi connectivity index (χ2n) is 4.48. The Bertz CT molecular complexity index is 550. The molecule has 1 atom stereocenters. The Morgan fingerprint density at radius 3 is 2.78 bits per heavy atom. The van der Waals surface area contributed by atoms with Gasteiger partial charge in [0.2, 0.25) is 10.0 Å². The van der Waals surface area contributed by atoms with Gasteiger partial charge in [-0.3, -0.25) is 4.90 Å². The summed E-state index contributed by atoms with van der Waals surface area (Å²) < 4.78 is 35.9. The van der Waals surface area contributed by atoms with Crippen molar-refractivity contribution in [1.29, 1.82) is 0 Å². The van der Waals surface area contributed by atoms with Gasteiger partial charge in [-0.25, -0.2) is 17.9 Å². The van der Waals surface area contributed by atoms with Gasteiger partial charge < -0.3 is 0 Å². The van der Waals surface area contributed by atoms with Crippen LogP contribution in [0.25, 0.3) is 0 Å². The molecule has 2 N–H and O–H groups in total. The van der Waals surface area contributed by atoms with Crippen molar-refractivity contribution in [2.45, 2.75) is 18.2 Å². The zero-order valence-corrected chi connectivity index (χ0v) is 12.0. The molecule has 100 valence electrons. The van der Waals surface area contributed by atoms with Gasteiger partial charge in [0, 0.05) is 13.1 Å². The lowest BCUT2D eigenvalue weighted by molar-refractivity contribution is 0.331. The second kappa shape index (κ2) is 5.24. The highest BCUT2D eigenvalue weighted by Crippen LogP contribution is 2.21. The lowest BCUT2D eigenvalue weighted by atomic mass is 10.2. The van der Waals surface area contributed by atoms with E-state index < -0.39 is 15.3 Å². The van der Waals surface area contributed by atoms with Gasteiger partial charge in [0.1, 0.15) is 5.82 Å². The molecule has 1 fully saturated rings. The van der Waals surface area contributed by atoms with Crippen LogP contribution in [0.5, 0.6) is 0 Å². The normalized spacial score (nSPS) is 21.4. The molecule has 0 unspecified atom stereocenters. The number of nitrogens with zero attached hydrogens (tertiary/aromatic N) is 1. The number of sulfonamides is 1. The monoisotopic (exact) mass is 336 g/mol. The highest BCUT2D eigenvalue weighted by atomic mass is 79.9. The van der Waals surface area contributed by atoms with Gasteiger partial charge in [-0.15, -0.1) is 0 Å². The summed E-state index contributed by atoms with van der Waals surface area (Å²) in [6.07, 6.45) is 0.557. The summed E-state index contributed by atoms with van der Waals surface area (Å²) in [6.45, 7) is 1.73. The van der Waals surface area contributed by atoms with Crippen LogP contribution < -0.4 is 5.14 Å². The minimum Gasteiger partial charge on any atom is -0.298 e. The van der Waals surface area contributed by atoms with E-state index in [1.165, 1.54) is 6.07 Å². The van der Waals surface area contributed by atoms with Crippen molar-refractivity contribution >= 4 is 26.0 Å². The summed E-state index contributed by atoms with van der Waals surface area (Å²) in [5.74, 6) is -0.303. The molecule has 0 spiro atoms. The zero-order valence-electron chi connectivity index (χ0n) is 9.64. The maximum atomic E-state index is 13.1. The number of hydrogen-bond acceptors (Lipinski definition) is 3. The number of benzene rings is 1. The second-order valence-corrected chi connectivity index (χ2v) is 7.18. The minimum absolute atomic E-state index is 0.303. The molecule has 2 rings (SSSR count). The first-order valence-corrected chi connectivity index (χ1v) is 7.94. The molecular weight excluding hydrogens is 323 g/mol. The Morgan fingerprint density at radius 2 is 2.22 bits per heavy atom. The topological polar surface area (TPSA) is 63.4 Å². The summed E-state index contributed by atoms with van der Waals surface area (Å²) in [7, 11) is -3.45. The fraction of sp³-hybridized carbons (Fsp3) is 0.455. The van der Waals surface area contributed by atoms with Crippen molar-refractivity contribution in [1.82, 2.24) is 4.90 Å². The maximum Gasteiger partial charge on any atom is 0.213 e. The predicted molar refractivity (Wildman–Crippen MR) is 70.9 cm³/mol. The van der Waals surface area contributed by atoms with Gasteiger partial charge in [-0.2, -0.15) is 0 Å². The van der Waals surface area contributed by atoms with Crippen molar-refractivity contribution < 1.29 is 12.8 Å². The van der Waals surface area contributed by atoms with Gasteiger partial charge >= 0.3 is 0 Å². The van der Waals surface area contributed by atoms with Crippen LogP contribution in [0.3, 0.4) is 0 Å². The van der Waals surface area contributed by atoms with E-state index in [1.54, 1.807) is 12.1 Å². The summed E-state index contributed by atoms with van der Waals surface area (Å²) >= 11 is 3.13.